The molecule has 0 aromatic carbocycles. The number of aliphatic carboxylic acids is 1. The van der Waals surface area contributed by atoms with Crippen LogP contribution >= 0.6 is 23.1 Å². The van der Waals surface area contributed by atoms with Gasteiger partial charge in [-0.05, 0) is 6.08 Å². The summed E-state index contributed by atoms with van der Waals surface area (Å²) in [6, 6.07) is -0.904. The number of anilines is 1. The Kier molecular flexibility index (Phi) is 4.15. The van der Waals surface area contributed by atoms with E-state index in [1.54, 1.807) is 0 Å². The van der Waals surface area contributed by atoms with Crippen molar-refractivity contribution in [2.24, 2.45) is 5.16 Å². The smallest absolute Gasteiger partial charge is 0.352 e. The van der Waals surface area contributed by atoms with E-state index < -0.39 is 29.2 Å². The molecule has 2 amide bonds. The number of nitrogens with two attached hydrogens (primary N) is 1. The minimum absolute atomic E-state index is 0.0866. The molecule has 0 aliphatic carbocycles. The van der Waals surface area contributed by atoms with Gasteiger partial charge in [0.15, 0.2) is 10.8 Å². The van der Waals surface area contributed by atoms with E-state index in [0.29, 0.717) is 5.75 Å². The molecule has 126 valence electrons. The molecule has 12 heteroatoms. The van der Waals surface area contributed by atoms with Crippen LogP contribution in [0.25, 0.3) is 0 Å². The van der Waals surface area contributed by atoms with Gasteiger partial charge in [-0.3, -0.25) is 14.5 Å². The number of aromatic nitrogens is 1. The monoisotopic (exact) mass is 369 g/mol. The zero-order chi connectivity index (χ0) is 17.4. The standard InChI is InChI=1S/C12H11N5O5S2/c13-12-14-4(3-24-12)6(16-22)8(18)15-7-9(19)17-5(11(20)21)1-2-23-10(7)17/h1,3,7,10,22H,2H2,(H2,13,14)(H,15,18)(H,20,21)/b16-6-/t7?,10-/m0/s1. The lowest BCUT2D eigenvalue weighted by atomic mass is 10.0. The van der Waals surface area contributed by atoms with Gasteiger partial charge in [-0.2, -0.15) is 0 Å². The summed E-state index contributed by atoms with van der Waals surface area (Å²) >= 11 is 2.39. The molecule has 0 spiro atoms. The van der Waals surface area contributed by atoms with Gasteiger partial charge >= 0.3 is 5.97 Å². The zero-order valence-electron chi connectivity index (χ0n) is 11.9. The fourth-order valence-corrected chi connectivity index (χ4v) is 4.10. The third-order valence-electron chi connectivity index (χ3n) is 3.43. The molecule has 10 nitrogen and oxygen atoms in total. The van der Waals surface area contributed by atoms with Gasteiger partial charge in [0.05, 0.1) is 0 Å². The van der Waals surface area contributed by atoms with Gasteiger partial charge in [0.25, 0.3) is 11.8 Å². The summed E-state index contributed by atoms with van der Waals surface area (Å²) in [4.78, 5) is 40.5. The minimum atomic E-state index is -1.20. The third-order valence-corrected chi connectivity index (χ3v) is 5.29. The molecule has 1 fully saturated rings. The number of carbonyl (C=O) groups is 3. The van der Waals surface area contributed by atoms with E-state index in [0.717, 1.165) is 16.2 Å². The largest absolute Gasteiger partial charge is 0.477 e. The first-order valence-corrected chi connectivity index (χ1v) is 8.49. The van der Waals surface area contributed by atoms with Crippen molar-refractivity contribution in [2.75, 3.05) is 11.5 Å². The number of carboxylic acid groups (broad SMARTS) is 1. The molecule has 3 rings (SSSR count). The van der Waals surface area contributed by atoms with Crippen molar-refractivity contribution in [3.63, 3.8) is 0 Å². The van der Waals surface area contributed by atoms with E-state index in [4.69, 9.17) is 16.0 Å². The second-order valence-corrected chi connectivity index (χ2v) is 6.84. The van der Waals surface area contributed by atoms with E-state index >= 15 is 0 Å². The molecule has 2 atom stereocenters. The molecule has 2 aliphatic rings. The van der Waals surface area contributed by atoms with Crippen molar-refractivity contribution in [1.29, 1.82) is 0 Å². The van der Waals surface area contributed by atoms with Crippen LogP contribution in [0.3, 0.4) is 0 Å². The SMILES string of the molecule is Nc1nc(/C(=N/O)C(=O)NC2C(=O)N3C(C(=O)O)=CCS[C@@H]23)cs1. The number of nitrogens with zero attached hydrogens (tertiary/aromatic N) is 3. The number of nitrogen functional groups attached to an aromatic ring is 1. The predicted octanol–water partition coefficient (Wildman–Crippen LogP) is -0.728. The number of amides is 2. The van der Waals surface area contributed by atoms with E-state index in [-0.39, 0.29) is 22.2 Å². The van der Waals surface area contributed by atoms with Crippen molar-refractivity contribution in [3.8, 4) is 0 Å². The number of carboxylic acids is 1. The van der Waals surface area contributed by atoms with Gasteiger partial charge in [0.1, 0.15) is 22.8 Å². The summed E-state index contributed by atoms with van der Waals surface area (Å²) in [7, 11) is 0. The Hall–Kier alpha value is -2.60. The van der Waals surface area contributed by atoms with Crippen molar-refractivity contribution in [1.82, 2.24) is 15.2 Å². The summed E-state index contributed by atoms with van der Waals surface area (Å²) in [5, 5.41) is 24.6. The van der Waals surface area contributed by atoms with Crippen LogP contribution in [-0.2, 0) is 14.4 Å². The number of oxime groups is 1. The number of thiazole rings is 1. The minimum Gasteiger partial charge on any atom is -0.477 e. The second kappa shape index (κ2) is 6.13. The number of carbonyl (C=O) groups excluding carboxylic acids is 2. The van der Waals surface area contributed by atoms with Crippen LogP contribution in [-0.4, -0.2) is 60.9 Å². The van der Waals surface area contributed by atoms with E-state index in [1.807, 2.05) is 0 Å². The third kappa shape index (κ3) is 2.59. The number of fused-ring (bicyclic) bond motifs is 1. The second-order valence-electron chi connectivity index (χ2n) is 4.80. The highest BCUT2D eigenvalue weighted by molar-refractivity contribution is 8.00. The van der Waals surface area contributed by atoms with Crippen LogP contribution in [0.5, 0.6) is 0 Å². The quantitative estimate of drug-likeness (QED) is 0.234. The lowest BCUT2D eigenvalue weighted by Crippen LogP contribution is -2.70. The lowest BCUT2D eigenvalue weighted by molar-refractivity contribution is -0.150. The highest BCUT2D eigenvalue weighted by atomic mass is 32.2. The maximum Gasteiger partial charge on any atom is 0.352 e. The Morgan fingerprint density at radius 3 is 2.83 bits per heavy atom. The number of thioether (sulfide) groups is 1. The summed E-state index contributed by atoms with van der Waals surface area (Å²) in [5.41, 5.74) is 5.09. The van der Waals surface area contributed by atoms with Crippen LogP contribution in [0.4, 0.5) is 5.13 Å². The molecule has 0 radical (unpaired) electrons. The summed E-state index contributed by atoms with van der Waals surface area (Å²) in [6.07, 6.45) is 1.44. The van der Waals surface area contributed by atoms with Crippen LogP contribution in [0.2, 0.25) is 0 Å². The summed E-state index contributed by atoms with van der Waals surface area (Å²) < 4.78 is 0. The average Bonchev–Trinajstić information content (AvgIpc) is 2.98. The molecule has 0 saturated carbocycles. The Morgan fingerprint density at radius 1 is 1.50 bits per heavy atom. The summed E-state index contributed by atoms with van der Waals surface area (Å²) in [5.74, 6) is -2.13. The predicted molar refractivity (Wildman–Crippen MR) is 85.6 cm³/mol. The van der Waals surface area contributed by atoms with Gasteiger partial charge in [0.2, 0.25) is 0 Å². The van der Waals surface area contributed by atoms with Gasteiger partial charge in [0, 0.05) is 11.1 Å². The molecule has 1 saturated heterocycles. The highest BCUT2D eigenvalue weighted by Crippen LogP contribution is 2.37. The van der Waals surface area contributed by atoms with Crippen LogP contribution in [0, 0.1) is 0 Å². The first kappa shape index (κ1) is 16.3. The van der Waals surface area contributed by atoms with E-state index in [1.165, 1.54) is 23.2 Å². The maximum atomic E-state index is 12.2. The van der Waals surface area contributed by atoms with E-state index in [9.17, 15) is 14.4 Å². The first-order chi connectivity index (χ1) is 11.4. The van der Waals surface area contributed by atoms with Crippen molar-refractivity contribution in [3.05, 3.63) is 22.8 Å². The lowest BCUT2D eigenvalue weighted by Gasteiger charge is -2.48. The summed E-state index contributed by atoms with van der Waals surface area (Å²) in [6.45, 7) is 0. The van der Waals surface area contributed by atoms with E-state index in [2.05, 4.69) is 15.5 Å². The van der Waals surface area contributed by atoms with Crippen molar-refractivity contribution >= 4 is 51.7 Å². The molecule has 1 aromatic rings. The first-order valence-electron chi connectivity index (χ1n) is 6.56. The molecule has 2 aliphatic heterocycles. The van der Waals surface area contributed by atoms with Gasteiger partial charge in [-0.25, -0.2) is 9.78 Å². The molecule has 1 unspecified atom stereocenters. The van der Waals surface area contributed by atoms with Gasteiger partial charge in [-0.1, -0.05) is 5.16 Å². The Balaban J connectivity index is 1.73. The number of nitrogens with one attached hydrogen (secondary N) is 1. The number of hydrogen-bond donors (Lipinski definition) is 4. The molecular formula is C12H11N5O5S2. The maximum absolute atomic E-state index is 12.2. The normalized spacial score (nSPS) is 23.2. The van der Waals surface area contributed by atoms with Crippen molar-refractivity contribution in [2.45, 2.75) is 11.4 Å². The molecular weight excluding hydrogens is 358 g/mol. The Morgan fingerprint density at radius 2 is 2.25 bits per heavy atom. The topological polar surface area (TPSA) is 158 Å². The average molecular weight is 369 g/mol. The van der Waals surface area contributed by atoms with Gasteiger partial charge < -0.3 is 21.4 Å². The molecule has 3 heterocycles. The zero-order valence-corrected chi connectivity index (χ0v) is 13.5. The van der Waals surface area contributed by atoms with Crippen LogP contribution in [0.15, 0.2) is 22.3 Å². The van der Waals surface area contributed by atoms with Crippen LogP contribution < -0.4 is 11.1 Å². The fraction of sp³-hybridized carbons (Fsp3) is 0.250. The fourth-order valence-electron chi connectivity index (χ4n) is 2.36. The highest BCUT2D eigenvalue weighted by Gasteiger charge is 2.53. The Labute approximate surface area is 143 Å². The number of hydrogen-bond acceptors (Lipinski definition) is 9. The Bertz CT molecular complexity index is 789. The number of β-lactam (4-membered cyclic amide) rings is 1. The van der Waals surface area contributed by atoms with Crippen LogP contribution in [0.1, 0.15) is 5.69 Å². The molecule has 24 heavy (non-hydrogen) atoms. The van der Waals surface area contributed by atoms with Crippen molar-refractivity contribution < 1.29 is 24.7 Å². The molecule has 1 aromatic heterocycles. The number of rotatable bonds is 4. The molecule has 0 bridgehead atoms. The van der Waals surface area contributed by atoms with Gasteiger partial charge in [-0.15, -0.1) is 23.1 Å². The molecule has 5 N–H and O–H groups in total.